The number of hydrogen-bond donors (Lipinski definition) is 3. The normalized spacial score (nSPS) is 16.3. The molecule has 0 saturated heterocycles. The Morgan fingerprint density at radius 3 is 2.45 bits per heavy atom. The predicted molar refractivity (Wildman–Crippen MR) is 103 cm³/mol. The van der Waals surface area contributed by atoms with Gasteiger partial charge in [-0.25, -0.2) is 0 Å². The summed E-state index contributed by atoms with van der Waals surface area (Å²) in [5, 5.41) is 16.3. The smallest absolute Gasteiger partial charge is 0.191 e. The molecule has 22 heavy (non-hydrogen) atoms. The molecule has 1 fully saturated rings. The molecule has 1 rings (SSSR count). The van der Waals surface area contributed by atoms with Crippen molar-refractivity contribution in [3.63, 3.8) is 0 Å². The lowest BCUT2D eigenvalue weighted by Gasteiger charge is -2.16. The van der Waals surface area contributed by atoms with E-state index in [-0.39, 0.29) is 24.0 Å². The standard InChI is InChI=1S/C16H33N3O2.HI/c1-4-13(5-2)9-18-16(17-6-3)19-10-15(20)12-21-11-14-7-8-14;/h13-15,20H,4-12H2,1-3H3,(H2,17,18,19);1H. The molecule has 0 aromatic rings. The number of hydrogen-bond acceptors (Lipinski definition) is 3. The summed E-state index contributed by atoms with van der Waals surface area (Å²) < 4.78 is 5.49. The van der Waals surface area contributed by atoms with Crippen LogP contribution in [0.25, 0.3) is 0 Å². The second-order valence-corrected chi connectivity index (χ2v) is 5.92. The Labute approximate surface area is 152 Å². The molecule has 1 aliphatic rings. The number of guanidine groups is 1. The molecule has 0 heterocycles. The molecule has 0 aromatic heterocycles. The van der Waals surface area contributed by atoms with Gasteiger partial charge in [0.1, 0.15) is 0 Å². The topological polar surface area (TPSA) is 65.9 Å². The van der Waals surface area contributed by atoms with Crippen LogP contribution in [0.15, 0.2) is 4.99 Å². The van der Waals surface area contributed by atoms with Crippen molar-refractivity contribution in [1.29, 1.82) is 0 Å². The van der Waals surface area contributed by atoms with E-state index in [2.05, 4.69) is 29.5 Å². The molecular formula is C16H34IN3O2. The van der Waals surface area contributed by atoms with Gasteiger partial charge in [0.15, 0.2) is 5.96 Å². The van der Waals surface area contributed by atoms with Gasteiger partial charge < -0.3 is 20.5 Å². The van der Waals surface area contributed by atoms with Crippen LogP contribution in [-0.2, 0) is 4.74 Å². The average molecular weight is 427 g/mol. The van der Waals surface area contributed by atoms with Crippen molar-refractivity contribution >= 4 is 29.9 Å². The van der Waals surface area contributed by atoms with Crippen molar-refractivity contribution in [3.05, 3.63) is 0 Å². The molecule has 1 unspecified atom stereocenters. The molecule has 1 aliphatic carbocycles. The lowest BCUT2D eigenvalue weighted by Crippen LogP contribution is -2.42. The summed E-state index contributed by atoms with van der Waals surface area (Å²) in [6.07, 6.45) is 4.37. The van der Waals surface area contributed by atoms with Gasteiger partial charge in [0, 0.05) is 26.2 Å². The molecule has 0 amide bonds. The highest BCUT2D eigenvalue weighted by molar-refractivity contribution is 14.0. The molecule has 0 radical (unpaired) electrons. The third-order valence-electron chi connectivity index (χ3n) is 3.87. The number of rotatable bonds is 11. The van der Waals surface area contributed by atoms with Gasteiger partial charge in [-0.05, 0) is 31.6 Å². The molecule has 5 nitrogen and oxygen atoms in total. The fourth-order valence-electron chi connectivity index (χ4n) is 2.04. The van der Waals surface area contributed by atoms with Gasteiger partial charge in [0.05, 0.1) is 12.7 Å². The Morgan fingerprint density at radius 2 is 1.91 bits per heavy atom. The Kier molecular flexibility index (Phi) is 13.3. The van der Waals surface area contributed by atoms with Gasteiger partial charge in [-0.15, -0.1) is 24.0 Å². The molecule has 6 heteroatoms. The van der Waals surface area contributed by atoms with E-state index in [9.17, 15) is 5.11 Å². The van der Waals surface area contributed by atoms with E-state index >= 15 is 0 Å². The van der Waals surface area contributed by atoms with E-state index in [4.69, 9.17) is 4.74 Å². The molecule has 0 aliphatic heterocycles. The highest BCUT2D eigenvalue weighted by Crippen LogP contribution is 2.28. The van der Waals surface area contributed by atoms with Crippen molar-refractivity contribution in [3.8, 4) is 0 Å². The van der Waals surface area contributed by atoms with Crippen molar-refractivity contribution in [1.82, 2.24) is 10.6 Å². The molecule has 0 bridgehead atoms. The summed E-state index contributed by atoms with van der Waals surface area (Å²) in [5.74, 6) is 2.15. The van der Waals surface area contributed by atoms with Crippen LogP contribution in [0, 0.1) is 11.8 Å². The molecular weight excluding hydrogens is 393 g/mol. The minimum absolute atomic E-state index is 0. The Morgan fingerprint density at radius 1 is 1.23 bits per heavy atom. The average Bonchev–Trinajstić information content (AvgIpc) is 3.29. The summed E-state index contributed by atoms with van der Waals surface area (Å²) in [6, 6.07) is 0. The fraction of sp³-hybridized carbons (Fsp3) is 0.938. The first-order chi connectivity index (χ1) is 10.2. The van der Waals surface area contributed by atoms with Gasteiger partial charge in [-0.1, -0.05) is 26.7 Å². The Hall–Kier alpha value is -0.0800. The monoisotopic (exact) mass is 427 g/mol. The Balaban J connectivity index is 0.00000441. The van der Waals surface area contributed by atoms with E-state index in [1.165, 1.54) is 12.8 Å². The van der Waals surface area contributed by atoms with Crippen LogP contribution in [0.4, 0.5) is 0 Å². The van der Waals surface area contributed by atoms with Crippen molar-refractivity contribution in [2.24, 2.45) is 16.8 Å². The largest absolute Gasteiger partial charge is 0.389 e. The zero-order valence-electron chi connectivity index (χ0n) is 14.3. The van der Waals surface area contributed by atoms with Gasteiger partial charge in [-0.2, -0.15) is 0 Å². The van der Waals surface area contributed by atoms with Crippen LogP contribution < -0.4 is 10.6 Å². The minimum atomic E-state index is -0.485. The fourth-order valence-corrected chi connectivity index (χ4v) is 2.04. The number of ether oxygens (including phenoxy) is 1. The molecule has 3 N–H and O–H groups in total. The number of nitrogens with zero attached hydrogens (tertiary/aromatic N) is 1. The number of nitrogens with one attached hydrogen (secondary N) is 2. The second kappa shape index (κ2) is 13.4. The third kappa shape index (κ3) is 10.6. The lowest BCUT2D eigenvalue weighted by atomic mass is 10.0. The first-order valence-electron chi connectivity index (χ1n) is 8.47. The quantitative estimate of drug-likeness (QED) is 0.269. The zero-order valence-corrected chi connectivity index (χ0v) is 16.6. The van der Waals surface area contributed by atoms with Crippen LogP contribution in [0.5, 0.6) is 0 Å². The van der Waals surface area contributed by atoms with E-state index in [1.807, 2.05) is 6.92 Å². The number of aliphatic hydroxyl groups is 1. The van der Waals surface area contributed by atoms with Gasteiger partial charge in [0.25, 0.3) is 0 Å². The zero-order chi connectivity index (χ0) is 15.5. The van der Waals surface area contributed by atoms with Crippen molar-refractivity contribution in [2.45, 2.75) is 52.6 Å². The van der Waals surface area contributed by atoms with Crippen LogP contribution in [0.1, 0.15) is 46.5 Å². The van der Waals surface area contributed by atoms with Gasteiger partial charge in [0.2, 0.25) is 0 Å². The maximum atomic E-state index is 9.90. The molecule has 0 aromatic carbocycles. The van der Waals surface area contributed by atoms with Crippen molar-refractivity contribution in [2.75, 3.05) is 32.8 Å². The lowest BCUT2D eigenvalue weighted by molar-refractivity contribution is 0.0345. The SMILES string of the molecule is CCNC(=NCC(CC)CC)NCC(O)COCC1CC1.I. The van der Waals surface area contributed by atoms with Crippen LogP contribution >= 0.6 is 24.0 Å². The summed E-state index contributed by atoms with van der Waals surface area (Å²) >= 11 is 0. The highest BCUT2D eigenvalue weighted by Gasteiger charge is 2.21. The molecule has 132 valence electrons. The summed E-state index contributed by atoms with van der Waals surface area (Å²) in [7, 11) is 0. The molecule has 1 saturated carbocycles. The maximum Gasteiger partial charge on any atom is 0.191 e. The summed E-state index contributed by atoms with van der Waals surface area (Å²) in [5.41, 5.74) is 0. The van der Waals surface area contributed by atoms with Crippen LogP contribution in [0.3, 0.4) is 0 Å². The molecule has 0 spiro atoms. The first kappa shape index (κ1) is 21.9. The molecule has 1 atom stereocenters. The minimum Gasteiger partial charge on any atom is -0.389 e. The maximum absolute atomic E-state index is 9.90. The second-order valence-electron chi connectivity index (χ2n) is 5.92. The Bertz CT molecular complexity index is 295. The summed E-state index contributed by atoms with van der Waals surface area (Å²) in [4.78, 5) is 4.59. The number of halogens is 1. The van der Waals surface area contributed by atoms with E-state index in [0.29, 0.717) is 19.1 Å². The van der Waals surface area contributed by atoms with E-state index < -0.39 is 6.10 Å². The van der Waals surface area contributed by atoms with Gasteiger partial charge >= 0.3 is 0 Å². The summed E-state index contributed by atoms with van der Waals surface area (Å²) in [6.45, 7) is 9.76. The van der Waals surface area contributed by atoms with Gasteiger partial charge in [-0.3, -0.25) is 4.99 Å². The number of aliphatic hydroxyl groups excluding tert-OH is 1. The predicted octanol–water partition coefficient (Wildman–Crippen LogP) is 2.38. The van der Waals surface area contributed by atoms with E-state index in [0.717, 1.165) is 44.4 Å². The van der Waals surface area contributed by atoms with Crippen LogP contribution in [0.2, 0.25) is 0 Å². The van der Waals surface area contributed by atoms with Crippen molar-refractivity contribution < 1.29 is 9.84 Å². The number of aliphatic imine (C=N–C) groups is 1. The highest BCUT2D eigenvalue weighted by atomic mass is 127. The first-order valence-corrected chi connectivity index (χ1v) is 8.47. The third-order valence-corrected chi connectivity index (χ3v) is 3.87. The van der Waals surface area contributed by atoms with Crippen LogP contribution in [-0.4, -0.2) is 50.0 Å². The van der Waals surface area contributed by atoms with E-state index in [1.54, 1.807) is 0 Å².